The molecular formula is C32H38F3N5O3. The van der Waals surface area contributed by atoms with Gasteiger partial charge < -0.3 is 24.6 Å². The van der Waals surface area contributed by atoms with E-state index in [0.29, 0.717) is 68.5 Å². The van der Waals surface area contributed by atoms with Crippen molar-refractivity contribution in [3.05, 3.63) is 59.5 Å². The highest BCUT2D eigenvalue weighted by molar-refractivity contribution is 5.73. The number of likely N-dealkylation sites (tertiary alicyclic amines) is 1. The molecule has 0 aliphatic carbocycles. The predicted octanol–water partition coefficient (Wildman–Crippen LogP) is 7.27. The number of amides is 1. The van der Waals surface area contributed by atoms with Crippen LogP contribution in [0, 0.1) is 23.4 Å². The first-order valence-electron chi connectivity index (χ1n) is 14.7. The number of nitrogens with one attached hydrogen (secondary N) is 1. The maximum absolute atomic E-state index is 15.3. The zero-order valence-corrected chi connectivity index (χ0v) is 25.2. The van der Waals surface area contributed by atoms with Crippen molar-refractivity contribution in [2.75, 3.05) is 43.0 Å². The van der Waals surface area contributed by atoms with Crippen LogP contribution in [0.25, 0.3) is 11.3 Å². The van der Waals surface area contributed by atoms with Gasteiger partial charge in [-0.15, -0.1) is 0 Å². The molecule has 3 heterocycles. The second-order valence-corrected chi connectivity index (χ2v) is 12.5. The van der Waals surface area contributed by atoms with Gasteiger partial charge in [0.2, 0.25) is 5.95 Å². The third kappa shape index (κ3) is 7.14. The summed E-state index contributed by atoms with van der Waals surface area (Å²) in [6.07, 6.45) is 1.88. The summed E-state index contributed by atoms with van der Waals surface area (Å²) >= 11 is 0. The molecule has 43 heavy (non-hydrogen) atoms. The van der Waals surface area contributed by atoms with Crippen molar-refractivity contribution >= 4 is 23.4 Å². The number of rotatable bonds is 6. The molecule has 1 saturated heterocycles. The standard InChI is InChI=1S/C32H38F3N5O3/c1-19(2)18-40-12-13-42-29-25(34)14-21(15-27(29)40)28-26(35)17-36-30(38-28)37-22-6-7-23(24(33)16-22)20-8-10-39(11-9-20)31(41)43-32(3,4)5/h6-7,14-17,19-20H,8-13,18H2,1-5H3,(H,36,37,38). The van der Waals surface area contributed by atoms with Gasteiger partial charge in [-0.05, 0) is 75.3 Å². The lowest BCUT2D eigenvalue weighted by Gasteiger charge is -2.33. The first-order valence-corrected chi connectivity index (χ1v) is 14.7. The zero-order chi connectivity index (χ0) is 30.9. The summed E-state index contributed by atoms with van der Waals surface area (Å²) in [7, 11) is 0. The number of benzene rings is 2. The molecule has 8 nitrogen and oxygen atoms in total. The van der Waals surface area contributed by atoms with Crippen molar-refractivity contribution in [1.82, 2.24) is 14.9 Å². The summed E-state index contributed by atoms with van der Waals surface area (Å²) in [5, 5.41) is 2.94. The third-order valence-electron chi connectivity index (χ3n) is 7.42. The normalized spacial score (nSPS) is 15.7. The Kier molecular flexibility index (Phi) is 8.71. The largest absolute Gasteiger partial charge is 0.486 e. The lowest BCUT2D eigenvalue weighted by Crippen LogP contribution is -2.41. The molecule has 1 aromatic heterocycles. The van der Waals surface area contributed by atoms with Crippen LogP contribution in [0.4, 0.5) is 35.3 Å². The van der Waals surface area contributed by atoms with Gasteiger partial charge >= 0.3 is 6.09 Å². The van der Waals surface area contributed by atoms with E-state index in [1.165, 1.54) is 12.1 Å². The Morgan fingerprint density at radius 2 is 1.81 bits per heavy atom. The number of hydrogen-bond donors (Lipinski definition) is 1. The number of aromatic nitrogens is 2. The van der Waals surface area contributed by atoms with E-state index < -0.39 is 23.1 Å². The van der Waals surface area contributed by atoms with Gasteiger partial charge in [0.05, 0.1) is 18.4 Å². The summed E-state index contributed by atoms with van der Waals surface area (Å²) in [5.41, 5.74) is 1.10. The molecule has 230 valence electrons. The molecule has 1 fully saturated rings. The number of hydrogen-bond acceptors (Lipinski definition) is 7. The lowest BCUT2D eigenvalue weighted by atomic mass is 9.89. The Morgan fingerprint density at radius 3 is 2.49 bits per heavy atom. The molecule has 0 unspecified atom stereocenters. The summed E-state index contributed by atoms with van der Waals surface area (Å²) in [6, 6.07) is 7.65. The van der Waals surface area contributed by atoms with Crippen molar-refractivity contribution in [2.45, 2.75) is 59.0 Å². The molecule has 0 bridgehead atoms. The first-order chi connectivity index (χ1) is 20.4. The van der Waals surface area contributed by atoms with Gasteiger partial charge in [0.25, 0.3) is 0 Å². The third-order valence-corrected chi connectivity index (χ3v) is 7.42. The van der Waals surface area contributed by atoms with Crippen LogP contribution in [0.1, 0.15) is 58.9 Å². The second-order valence-electron chi connectivity index (χ2n) is 12.5. The number of halogens is 3. The van der Waals surface area contributed by atoms with Gasteiger partial charge in [-0.3, -0.25) is 0 Å². The van der Waals surface area contributed by atoms with Crippen LogP contribution in [-0.4, -0.2) is 59.3 Å². The monoisotopic (exact) mass is 597 g/mol. The van der Waals surface area contributed by atoms with Gasteiger partial charge in [0.15, 0.2) is 17.4 Å². The fourth-order valence-electron chi connectivity index (χ4n) is 5.50. The van der Waals surface area contributed by atoms with Gasteiger partial charge in [0, 0.05) is 30.9 Å². The van der Waals surface area contributed by atoms with Gasteiger partial charge in [-0.25, -0.2) is 27.9 Å². The molecule has 5 rings (SSSR count). The maximum Gasteiger partial charge on any atom is 0.410 e. The van der Waals surface area contributed by atoms with Crippen molar-refractivity contribution in [3.8, 4) is 17.0 Å². The van der Waals surface area contributed by atoms with E-state index in [9.17, 15) is 9.18 Å². The molecule has 2 aromatic carbocycles. The minimum absolute atomic E-state index is 0.0421. The first kappa shape index (κ1) is 30.4. The average molecular weight is 598 g/mol. The summed E-state index contributed by atoms with van der Waals surface area (Å²) < 4.78 is 56.3. The highest BCUT2D eigenvalue weighted by atomic mass is 19.1. The van der Waals surface area contributed by atoms with Crippen LogP contribution < -0.4 is 15.0 Å². The number of piperidine rings is 1. The van der Waals surface area contributed by atoms with Crippen molar-refractivity contribution in [1.29, 1.82) is 0 Å². The van der Waals surface area contributed by atoms with Crippen molar-refractivity contribution in [2.24, 2.45) is 5.92 Å². The van der Waals surface area contributed by atoms with Crippen molar-refractivity contribution < 1.29 is 27.4 Å². The quantitative estimate of drug-likeness (QED) is 0.320. The number of anilines is 3. The van der Waals surface area contributed by atoms with E-state index >= 15 is 8.78 Å². The van der Waals surface area contributed by atoms with E-state index in [4.69, 9.17) is 9.47 Å². The van der Waals surface area contributed by atoms with Crippen LogP contribution in [0.3, 0.4) is 0 Å². The van der Waals surface area contributed by atoms with E-state index in [0.717, 1.165) is 6.20 Å². The summed E-state index contributed by atoms with van der Waals surface area (Å²) in [6.45, 7) is 12.2. The Labute approximate surface area is 250 Å². The van der Waals surface area contributed by atoms with E-state index in [1.54, 1.807) is 23.1 Å². The highest BCUT2D eigenvalue weighted by Crippen LogP contribution is 2.39. The van der Waals surface area contributed by atoms with Crippen LogP contribution in [0.15, 0.2) is 36.5 Å². The maximum atomic E-state index is 15.3. The topological polar surface area (TPSA) is 79.8 Å². The molecule has 11 heteroatoms. The fraction of sp³-hybridized carbons (Fsp3) is 0.469. The molecule has 2 aliphatic heterocycles. The van der Waals surface area contributed by atoms with Gasteiger partial charge in [0.1, 0.15) is 23.7 Å². The number of carbonyl (C=O) groups is 1. The van der Waals surface area contributed by atoms with E-state index in [-0.39, 0.29) is 35.0 Å². The molecule has 2 aliphatic rings. The van der Waals surface area contributed by atoms with Crippen LogP contribution in [0.5, 0.6) is 5.75 Å². The molecule has 0 atom stereocenters. The molecule has 1 N–H and O–H groups in total. The Balaban J connectivity index is 1.31. The Morgan fingerprint density at radius 1 is 1.07 bits per heavy atom. The minimum Gasteiger partial charge on any atom is -0.486 e. The fourth-order valence-corrected chi connectivity index (χ4v) is 5.50. The van der Waals surface area contributed by atoms with Crippen LogP contribution >= 0.6 is 0 Å². The lowest BCUT2D eigenvalue weighted by molar-refractivity contribution is 0.0204. The average Bonchev–Trinajstić information content (AvgIpc) is 2.93. The predicted molar refractivity (Wildman–Crippen MR) is 159 cm³/mol. The van der Waals surface area contributed by atoms with Crippen molar-refractivity contribution in [3.63, 3.8) is 0 Å². The molecule has 0 spiro atoms. The number of fused-ring (bicyclic) bond motifs is 1. The van der Waals surface area contributed by atoms with Gasteiger partial charge in [-0.2, -0.15) is 0 Å². The van der Waals surface area contributed by atoms with Gasteiger partial charge in [-0.1, -0.05) is 19.9 Å². The second kappa shape index (κ2) is 12.3. The SMILES string of the molecule is CC(C)CN1CCOc2c(F)cc(-c3nc(Nc4ccc(C5CCN(C(=O)OC(C)(C)C)CC5)c(F)c4)ncc3F)cc21. The van der Waals surface area contributed by atoms with E-state index in [1.807, 2.05) is 25.7 Å². The smallest absolute Gasteiger partial charge is 0.410 e. The zero-order valence-electron chi connectivity index (χ0n) is 25.2. The van der Waals surface area contributed by atoms with E-state index in [2.05, 4.69) is 29.1 Å². The van der Waals surface area contributed by atoms with Crippen LogP contribution in [-0.2, 0) is 4.74 Å². The summed E-state index contributed by atoms with van der Waals surface area (Å²) in [4.78, 5) is 24.4. The molecule has 1 amide bonds. The Hall–Kier alpha value is -4.02. The minimum atomic E-state index is -0.712. The number of nitrogens with zero attached hydrogens (tertiary/aromatic N) is 4. The van der Waals surface area contributed by atoms with Crippen LogP contribution in [0.2, 0.25) is 0 Å². The molecular weight excluding hydrogens is 559 g/mol. The Bertz CT molecular complexity index is 1490. The summed E-state index contributed by atoms with van der Waals surface area (Å²) in [5.74, 6) is -1.22. The molecule has 0 saturated carbocycles. The molecule has 3 aromatic rings. The highest BCUT2D eigenvalue weighted by Gasteiger charge is 2.29. The number of ether oxygens (including phenoxy) is 2. The number of carbonyl (C=O) groups excluding carboxylic acids is 1. The molecule has 0 radical (unpaired) electrons.